The Kier molecular flexibility index (Phi) is 4.70. The van der Waals surface area contributed by atoms with Gasteiger partial charge < -0.3 is 10.0 Å². The molecule has 5 heteroatoms. The topological polar surface area (TPSA) is 66.3 Å². The van der Waals surface area contributed by atoms with Crippen molar-refractivity contribution < 1.29 is 9.90 Å². The lowest BCUT2D eigenvalue weighted by Crippen LogP contribution is -2.41. The molecule has 1 aliphatic heterocycles. The molecule has 1 aliphatic rings. The van der Waals surface area contributed by atoms with Crippen LogP contribution in [0.4, 0.5) is 0 Å². The molecule has 1 amide bonds. The Bertz CT molecular complexity index is 480. The second-order valence-corrected chi connectivity index (χ2v) is 5.57. The molecule has 2 rings (SSSR count). The van der Waals surface area contributed by atoms with Crippen LogP contribution in [0.25, 0.3) is 0 Å². The second-order valence-electron chi connectivity index (χ2n) is 5.57. The van der Waals surface area contributed by atoms with Crippen LogP contribution in [0.5, 0.6) is 0 Å². The molecular weight excluding hydrogens is 254 g/mol. The number of amides is 1. The molecule has 1 unspecified atom stereocenters. The average Bonchev–Trinajstić information content (AvgIpc) is 2.46. The van der Waals surface area contributed by atoms with Gasteiger partial charge in [-0.1, -0.05) is 6.92 Å². The number of nitrogens with zero attached hydrogens (tertiary/aromatic N) is 3. The highest BCUT2D eigenvalue weighted by Crippen LogP contribution is 2.22. The standard InChI is InChI=1S/C15H23N3O2/c1-4-14-13(9-10(2)16-17-14)15(20)18-7-5-12(6-8-18)11(3)19/h9,11-12,19H,4-8H2,1-3H3. The fraction of sp³-hybridized carbons (Fsp3) is 0.667. The van der Waals surface area contributed by atoms with Crippen molar-refractivity contribution in [3.05, 3.63) is 23.0 Å². The molecule has 1 aromatic rings. The number of aliphatic hydroxyl groups is 1. The van der Waals surface area contributed by atoms with E-state index in [0.717, 1.165) is 24.2 Å². The van der Waals surface area contributed by atoms with Gasteiger partial charge in [0, 0.05) is 13.1 Å². The molecule has 0 spiro atoms. The fourth-order valence-electron chi connectivity index (χ4n) is 2.72. The fourth-order valence-corrected chi connectivity index (χ4v) is 2.72. The van der Waals surface area contributed by atoms with E-state index < -0.39 is 0 Å². The van der Waals surface area contributed by atoms with Crippen LogP contribution in [-0.2, 0) is 6.42 Å². The van der Waals surface area contributed by atoms with Crippen molar-refractivity contribution in [2.75, 3.05) is 13.1 Å². The monoisotopic (exact) mass is 277 g/mol. The van der Waals surface area contributed by atoms with Gasteiger partial charge in [-0.15, -0.1) is 0 Å². The number of piperidine rings is 1. The van der Waals surface area contributed by atoms with Gasteiger partial charge in [0.1, 0.15) is 0 Å². The molecule has 1 atom stereocenters. The minimum Gasteiger partial charge on any atom is -0.393 e. The molecule has 1 saturated heterocycles. The van der Waals surface area contributed by atoms with Gasteiger partial charge in [0.25, 0.3) is 5.91 Å². The van der Waals surface area contributed by atoms with Gasteiger partial charge in [-0.2, -0.15) is 10.2 Å². The molecule has 0 aromatic carbocycles. The molecule has 20 heavy (non-hydrogen) atoms. The maximum absolute atomic E-state index is 12.6. The number of aliphatic hydroxyl groups excluding tert-OH is 1. The molecule has 110 valence electrons. The Morgan fingerprint density at radius 1 is 1.45 bits per heavy atom. The number of likely N-dealkylation sites (tertiary alicyclic amines) is 1. The first kappa shape index (κ1) is 14.9. The van der Waals surface area contributed by atoms with Gasteiger partial charge in [-0.05, 0) is 45.1 Å². The predicted molar refractivity (Wildman–Crippen MR) is 76.5 cm³/mol. The summed E-state index contributed by atoms with van der Waals surface area (Å²) < 4.78 is 0. The largest absolute Gasteiger partial charge is 0.393 e. The highest BCUT2D eigenvalue weighted by atomic mass is 16.3. The zero-order chi connectivity index (χ0) is 14.7. The van der Waals surface area contributed by atoms with Crippen LogP contribution >= 0.6 is 0 Å². The van der Waals surface area contributed by atoms with Crippen LogP contribution in [0.2, 0.25) is 0 Å². The van der Waals surface area contributed by atoms with Crippen molar-refractivity contribution in [2.24, 2.45) is 5.92 Å². The SMILES string of the molecule is CCc1nnc(C)cc1C(=O)N1CCC(C(C)O)CC1. The molecular formula is C15H23N3O2. The first-order valence-electron chi connectivity index (χ1n) is 7.33. The van der Waals surface area contributed by atoms with E-state index in [9.17, 15) is 9.90 Å². The molecule has 0 bridgehead atoms. The number of carbonyl (C=O) groups excluding carboxylic acids is 1. The van der Waals surface area contributed by atoms with Gasteiger partial charge in [-0.25, -0.2) is 0 Å². The maximum Gasteiger partial charge on any atom is 0.255 e. The van der Waals surface area contributed by atoms with Gasteiger partial charge in [0.2, 0.25) is 0 Å². The Morgan fingerprint density at radius 3 is 2.65 bits per heavy atom. The smallest absolute Gasteiger partial charge is 0.255 e. The van der Waals surface area contributed by atoms with E-state index in [-0.39, 0.29) is 12.0 Å². The zero-order valence-electron chi connectivity index (χ0n) is 12.5. The maximum atomic E-state index is 12.6. The molecule has 0 saturated carbocycles. The number of hydrogen-bond acceptors (Lipinski definition) is 4. The number of hydrogen-bond donors (Lipinski definition) is 1. The van der Waals surface area contributed by atoms with E-state index in [1.165, 1.54) is 0 Å². The minimum absolute atomic E-state index is 0.0453. The van der Waals surface area contributed by atoms with Crippen molar-refractivity contribution in [1.29, 1.82) is 0 Å². The predicted octanol–water partition coefficient (Wildman–Crippen LogP) is 1.58. The van der Waals surface area contributed by atoms with E-state index in [4.69, 9.17) is 0 Å². The Hall–Kier alpha value is -1.49. The summed E-state index contributed by atoms with van der Waals surface area (Å²) in [5, 5.41) is 17.8. The molecule has 5 nitrogen and oxygen atoms in total. The highest BCUT2D eigenvalue weighted by molar-refractivity contribution is 5.95. The van der Waals surface area contributed by atoms with E-state index in [1.54, 1.807) is 0 Å². The third-order valence-corrected chi connectivity index (χ3v) is 4.07. The summed E-state index contributed by atoms with van der Waals surface area (Å²) in [7, 11) is 0. The Labute approximate surface area is 120 Å². The highest BCUT2D eigenvalue weighted by Gasteiger charge is 2.27. The van der Waals surface area contributed by atoms with Crippen LogP contribution < -0.4 is 0 Å². The number of carbonyl (C=O) groups is 1. The first-order valence-corrected chi connectivity index (χ1v) is 7.33. The van der Waals surface area contributed by atoms with Crippen LogP contribution in [0.3, 0.4) is 0 Å². The van der Waals surface area contributed by atoms with Crippen LogP contribution in [0.15, 0.2) is 6.07 Å². The van der Waals surface area contributed by atoms with E-state index in [1.807, 2.05) is 31.7 Å². The van der Waals surface area contributed by atoms with Crippen molar-refractivity contribution >= 4 is 5.91 Å². The second kappa shape index (κ2) is 6.31. The van der Waals surface area contributed by atoms with Gasteiger partial charge in [-0.3, -0.25) is 4.79 Å². The normalized spacial score (nSPS) is 18.1. The average molecular weight is 277 g/mol. The van der Waals surface area contributed by atoms with Gasteiger partial charge >= 0.3 is 0 Å². The first-order chi connectivity index (χ1) is 9.52. The van der Waals surface area contributed by atoms with Crippen LogP contribution in [-0.4, -0.2) is 45.3 Å². The molecule has 1 N–H and O–H groups in total. The van der Waals surface area contributed by atoms with Crippen LogP contribution in [0, 0.1) is 12.8 Å². The quantitative estimate of drug-likeness (QED) is 0.911. The van der Waals surface area contributed by atoms with Crippen molar-refractivity contribution in [3.63, 3.8) is 0 Å². The van der Waals surface area contributed by atoms with E-state index >= 15 is 0 Å². The summed E-state index contributed by atoms with van der Waals surface area (Å²) in [6.07, 6.45) is 2.15. The molecule has 1 fully saturated rings. The summed E-state index contributed by atoms with van der Waals surface area (Å²) in [4.78, 5) is 14.5. The lowest BCUT2D eigenvalue weighted by Gasteiger charge is -2.33. The minimum atomic E-state index is -0.289. The van der Waals surface area contributed by atoms with E-state index in [0.29, 0.717) is 31.0 Å². The number of aromatic nitrogens is 2. The van der Waals surface area contributed by atoms with Gasteiger partial charge in [0.05, 0.1) is 23.1 Å². The van der Waals surface area contributed by atoms with Crippen molar-refractivity contribution in [1.82, 2.24) is 15.1 Å². The van der Waals surface area contributed by atoms with Crippen molar-refractivity contribution in [2.45, 2.75) is 46.1 Å². The summed E-state index contributed by atoms with van der Waals surface area (Å²) in [5.74, 6) is 0.353. The number of rotatable bonds is 3. The summed E-state index contributed by atoms with van der Waals surface area (Å²) >= 11 is 0. The third kappa shape index (κ3) is 3.15. The molecule has 2 heterocycles. The summed E-state index contributed by atoms with van der Waals surface area (Å²) in [6, 6.07) is 1.83. The lowest BCUT2D eigenvalue weighted by atomic mass is 9.92. The molecule has 1 aromatic heterocycles. The van der Waals surface area contributed by atoms with E-state index in [2.05, 4.69) is 10.2 Å². The summed E-state index contributed by atoms with van der Waals surface area (Å²) in [6.45, 7) is 7.07. The Morgan fingerprint density at radius 2 is 2.10 bits per heavy atom. The van der Waals surface area contributed by atoms with Gasteiger partial charge in [0.15, 0.2) is 0 Å². The zero-order valence-corrected chi connectivity index (χ0v) is 12.5. The third-order valence-electron chi connectivity index (χ3n) is 4.07. The van der Waals surface area contributed by atoms with Crippen molar-refractivity contribution in [3.8, 4) is 0 Å². The lowest BCUT2D eigenvalue weighted by molar-refractivity contribution is 0.0520. The molecule has 0 aliphatic carbocycles. The van der Waals surface area contributed by atoms with Crippen LogP contribution in [0.1, 0.15) is 48.4 Å². The Balaban J connectivity index is 2.11. The molecule has 0 radical (unpaired) electrons. The summed E-state index contributed by atoms with van der Waals surface area (Å²) in [5.41, 5.74) is 2.21. The number of aryl methyl sites for hydroxylation is 2.